The number of carbonyl (C=O) groups excluding carboxylic acids is 6. The first-order valence-electron chi connectivity index (χ1n) is 16.2. The summed E-state index contributed by atoms with van der Waals surface area (Å²) in [5.74, 6) is -1.98. The van der Waals surface area contributed by atoms with Crippen LogP contribution in [-0.4, -0.2) is 100 Å². The minimum Gasteiger partial charge on any atom is -0.458 e. The van der Waals surface area contributed by atoms with E-state index in [1.807, 2.05) is 20.8 Å². The van der Waals surface area contributed by atoms with Crippen LogP contribution in [0.25, 0.3) is 0 Å². The fourth-order valence-electron chi connectivity index (χ4n) is 5.33. The van der Waals surface area contributed by atoms with E-state index in [0.717, 1.165) is 0 Å². The molecule has 0 aromatic carbocycles. The van der Waals surface area contributed by atoms with Gasteiger partial charge in [0.05, 0.1) is 13.2 Å². The van der Waals surface area contributed by atoms with Gasteiger partial charge in [-0.3, -0.25) is 9.59 Å². The van der Waals surface area contributed by atoms with Gasteiger partial charge in [-0.15, -0.1) is 0 Å². The monoisotopic (exact) mass is 706 g/mol. The molecule has 0 bridgehead atoms. The number of esters is 2. The molecule has 1 rings (SSSR count). The van der Waals surface area contributed by atoms with Crippen LogP contribution in [0.3, 0.4) is 0 Å². The summed E-state index contributed by atoms with van der Waals surface area (Å²) in [5, 5.41) is 5.64. The number of alkyl carbamates (subject to hydrolysis) is 2. The molecule has 0 aromatic heterocycles. The van der Waals surface area contributed by atoms with Crippen molar-refractivity contribution in [1.29, 1.82) is 0 Å². The van der Waals surface area contributed by atoms with E-state index in [-0.39, 0.29) is 80.4 Å². The Hall–Kier alpha value is -4.30. The Morgan fingerprint density at radius 3 is 1.52 bits per heavy atom. The largest absolute Gasteiger partial charge is 0.458 e. The molecule has 4 atom stereocenters. The highest BCUT2D eigenvalue weighted by atomic mass is 16.6. The topological polar surface area (TPSA) is 182 Å². The predicted octanol–water partition coefficient (Wildman–Crippen LogP) is 4.32. The van der Waals surface area contributed by atoms with Crippen molar-refractivity contribution < 1.29 is 57.2 Å². The summed E-state index contributed by atoms with van der Waals surface area (Å²) in [4.78, 5) is 73.5. The van der Waals surface area contributed by atoms with Crippen LogP contribution < -0.4 is 10.6 Å². The Balaban J connectivity index is 2.88. The lowest BCUT2D eigenvalue weighted by Gasteiger charge is -2.46. The molecule has 1 saturated carbocycles. The van der Waals surface area contributed by atoms with Crippen LogP contribution in [-0.2, 0) is 47.6 Å². The zero-order chi connectivity index (χ0) is 38.2. The maximum atomic E-state index is 13.0. The summed E-state index contributed by atoms with van der Waals surface area (Å²) in [6, 6.07) is -0.354. The summed E-state index contributed by atoms with van der Waals surface area (Å²) in [5.41, 5.74) is 0.206. The zero-order valence-electron chi connectivity index (χ0n) is 30.5. The van der Waals surface area contributed by atoms with Gasteiger partial charge in [0.2, 0.25) is 0 Å². The van der Waals surface area contributed by atoms with Gasteiger partial charge in [-0.05, 0) is 68.9 Å². The normalized spacial score (nSPS) is 19.1. The fourth-order valence-corrected chi connectivity index (χ4v) is 5.33. The molecule has 2 amide bonds. The molecule has 4 unspecified atom stereocenters. The van der Waals surface area contributed by atoms with Gasteiger partial charge in [0.1, 0.15) is 26.4 Å². The van der Waals surface area contributed by atoms with Gasteiger partial charge in [0.25, 0.3) is 0 Å². The molecule has 0 spiro atoms. The summed E-state index contributed by atoms with van der Waals surface area (Å²) in [6.07, 6.45) is -1.81. The Labute approximate surface area is 294 Å². The number of rotatable bonds is 21. The van der Waals surface area contributed by atoms with Crippen molar-refractivity contribution in [3.05, 3.63) is 48.6 Å². The van der Waals surface area contributed by atoms with Crippen molar-refractivity contribution in [1.82, 2.24) is 10.6 Å². The summed E-state index contributed by atoms with van der Waals surface area (Å²) < 4.78 is 32.1. The van der Waals surface area contributed by atoms with Gasteiger partial charge in [0.15, 0.2) is 23.8 Å². The molecule has 0 radical (unpaired) electrons. The molecular formula is C36H54N2O12. The minimum atomic E-state index is -1.01. The molecule has 1 fully saturated rings. The molecule has 2 N–H and O–H groups in total. The number of nitrogens with one attached hydrogen (secondary N) is 2. The number of amides is 2. The zero-order valence-corrected chi connectivity index (χ0v) is 30.5. The summed E-state index contributed by atoms with van der Waals surface area (Å²) >= 11 is 0. The third-order valence-corrected chi connectivity index (χ3v) is 7.50. The van der Waals surface area contributed by atoms with E-state index in [1.165, 1.54) is 13.8 Å². The molecule has 0 aromatic rings. The van der Waals surface area contributed by atoms with E-state index < -0.39 is 41.7 Å². The van der Waals surface area contributed by atoms with Crippen LogP contribution >= 0.6 is 0 Å². The first-order chi connectivity index (χ1) is 23.1. The van der Waals surface area contributed by atoms with E-state index in [4.69, 9.17) is 28.4 Å². The maximum Gasteiger partial charge on any atom is 0.407 e. The van der Waals surface area contributed by atoms with Crippen LogP contribution in [0.5, 0.6) is 0 Å². The fraction of sp³-hybridized carbons (Fsp3) is 0.611. The number of carbonyl (C=O) groups is 6. The molecule has 14 heteroatoms. The number of hydrogen-bond acceptors (Lipinski definition) is 12. The van der Waals surface area contributed by atoms with Gasteiger partial charge < -0.3 is 39.1 Å². The van der Waals surface area contributed by atoms with Gasteiger partial charge >= 0.3 is 24.1 Å². The maximum absolute atomic E-state index is 13.0. The Morgan fingerprint density at radius 2 is 1.10 bits per heavy atom. The van der Waals surface area contributed by atoms with Crippen molar-refractivity contribution in [3.8, 4) is 0 Å². The van der Waals surface area contributed by atoms with Crippen LogP contribution in [0.15, 0.2) is 48.6 Å². The second kappa shape index (κ2) is 20.4. The lowest BCUT2D eigenvalue weighted by atomic mass is 9.62. The van der Waals surface area contributed by atoms with E-state index in [9.17, 15) is 28.8 Å². The lowest BCUT2D eigenvalue weighted by Crippen LogP contribution is -2.51. The quantitative estimate of drug-likeness (QED) is 0.0981. The molecule has 1 aliphatic carbocycles. The van der Waals surface area contributed by atoms with E-state index >= 15 is 0 Å². The van der Waals surface area contributed by atoms with Crippen LogP contribution in [0, 0.1) is 10.8 Å². The number of Topliss-reactive ketones (excluding diaryl/α,β-unsaturated/α-hetero) is 2. The van der Waals surface area contributed by atoms with Gasteiger partial charge in [-0.1, -0.05) is 47.1 Å². The molecule has 280 valence electrons. The highest BCUT2D eigenvalue weighted by Gasteiger charge is 2.42. The van der Waals surface area contributed by atoms with Gasteiger partial charge in [-0.25, -0.2) is 19.2 Å². The van der Waals surface area contributed by atoms with Crippen molar-refractivity contribution in [2.45, 2.75) is 86.0 Å². The Bertz CT molecular complexity index is 1320. The number of ether oxygens (including phenoxy) is 6. The highest BCUT2D eigenvalue weighted by Crippen LogP contribution is 2.45. The van der Waals surface area contributed by atoms with Crippen molar-refractivity contribution in [2.24, 2.45) is 10.8 Å². The van der Waals surface area contributed by atoms with Crippen molar-refractivity contribution in [3.63, 3.8) is 0 Å². The first-order valence-corrected chi connectivity index (χ1v) is 16.2. The standard InChI is InChI=1S/C36H54N2O12/c1-22(2)29(39)18-45-14-27(16-47-31(41)24(5)6)49-33(43)37-21-36(11)13-26(12-35(9,10)20-36)38-34(44)50-28(17-48-32(42)25(7)8)15-46-19-30(40)23(3)4/h26-28H,1,3,5,7,12-21H2,2,4,6,8-11H3,(H,37,43)(H,38,44). The van der Waals surface area contributed by atoms with E-state index in [2.05, 4.69) is 36.9 Å². The van der Waals surface area contributed by atoms with Crippen LogP contribution in [0.2, 0.25) is 0 Å². The van der Waals surface area contributed by atoms with Gasteiger partial charge in [-0.2, -0.15) is 0 Å². The van der Waals surface area contributed by atoms with Crippen LogP contribution in [0.4, 0.5) is 9.59 Å². The average Bonchev–Trinajstić information content (AvgIpc) is 2.99. The van der Waals surface area contributed by atoms with Crippen molar-refractivity contribution >= 4 is 35.7 Å². The third-order valence-electron chi connectivity index (χ3n) is 7.50. The smallest absolute Gasteiger partial charge is 0.407 e. The second-order valence-electron chi connectivity index (χ2n) is 14.0. The predicted molar refractivity (Wildman–Crippen MR) is 184 cm³/mol. The number of ketones is 2. The number of hydrogen-bond donors (Lipinski definition) is 2. The first kappa shape index (κ1) is 43.7. The third kappa shape index (κ3) is 17.4. The highest BCUT2D eigenvalue weighted by molar-refractivity contribution is 5.95. The Morgan fingerprint density at radius 1 is 0.660 bits per heavy atom. The van der Waals surface area contributed by atoms with E-state index in [0.29, 0.717) is 30.4 Å². The van der Waals surface area contributed by atoms with Crippen LogP contribution in [0.1, 0.15) is 67.7 Å². The molecule has 1 aliphatic rings. The van der Waals surface area contributed by atoms with E-state index in [1.54, 1.807) is 13.8 Å². The lowest BCUT2D eigenvalue weighted by molar-refractivity contribution is -0.144. The van der Waals surface area contributed by atoms with Crippen molar-refractivity contribution in [2.75, 3.05) is 46.2 Å². The SMILES string of the molecule is C=C(C)C(=O)COCC(COC(=O)C(=C)C)OC(=O)NCC1(C)CC(NC(=O)OC(COCC(=O)C(=C)C)COC(=O)C(=C)C)CC(C)(C)C1. The van der Waals surface area contributed by atoms with Gasteiger partial charge in [0, 0.05) is 23.7 Å². The molecular weight excluding hydrogens is 652 g/mol. The Kier molecular flexibility index (Phi) is 17.8. The average molecular weight is 707 g/mol. The second-order valence-corrected chi connectivity index (χ2v) is 14.0. The molecule has 0 heterocycles. The molecule has 50 heavy (non-hydrogen) atoms. The minimum absolute atomic E-state index is 0.164. The molecule has 14 nitrogen and oxygen atoms in total. The summed E-state index contributed by atoms with van der Waals surface area (Å²) in [7, 11) is 0. The molecule has 0 saturated heterocycles. The summed E-state index contributed by atoms with van der Waals surface area (Å²) in [6.45, 7) is 24.9. The molecule has 0 aliphatic heterocycles.